The summed E-state index contributed by atoms with van der Waals surface area (Å²) in [4.78, 5) is 4.41. The number of benzene rings is 1. The lowest BCUT2D eigenvalue weighted by molar-refractivity contribution is 0.303. The molecule has 3 nitrogen and oxygen atoms in total. The normalized spacial score (nSPS) is 17.5. The van der Waals surface area contributed by atoms with E-state index < -0.39 is 0 Å². The van der Waals surface area contributed by atoms with Crippen LogP contribution in [-0.2, 0) is 6.61 Å². The number of hydrogen-bond donors (Lipinski definition) is 1. The summed E-state index contributed by atoms with van der Waals surface area (Å²) in [5.41, 5.74) is 3.43. The zero-order valence-electron chi connectivity index (χ0n) is 10.4. The summed E-state index contributed by atoms with van der Waals surface area (Å²) >= 11 is 0. The molecule has 92 valence electrons. The van der Waals surface area contributed by atoms with E-state index in [1.165, 1.54) is 5.56 Å². The van der Waals surface area contributed by atoms with Crippen LogP contribution in [0.5, 0.6) is 5.75 Å². The lowest BCUT2D eigenvalue weighted by Crippen LogP contribution is -2.01. The molecule has 1 aliphatic rings. The molecule has 1 aromatic carbocycles. The van der Waals surface area contributed by atoms with Crippen molar-refractivity contribution >= 4 is 0 Å². The van der Waals surface area contributed by atoms with Crippen LogP contribution in [0.15, 0.2) is 42.6 Å². The van der Waals surface area contributed by atoms with Crippen molar-refractivity contribution < 1.29 is 4.74 Å². The molecule has 0 spiro atoms. The molecule has 3 heteroatoms. The third kappa shape index (κ3) is 2.36. The highest BCUT2D eigenvalue weighted by Crippen LogP contribution is 2.28. The molecule has 1 saturated heterocycles. The molecular formula is C15H16N2O. The van der Waals surface area contributed by atoms with E-state index in [9.17, 15) is 0 Å². The molecule has 1 N–H and O–H groups in total. The zero-order chi connectivity index (χ0) is 12.4. The number of nitrogens with one attached hydrogen (secondary N) is 1. The Kier molecular flexibility index (Phi) is 2.99. The molecule has 2 aromatic rings. The van der Waals surface area contributed by atoms with E-state index in [0.717, 1.165) is 23.6 Å². The second-order valence-electron chi connectivity index (χ2n) is 4.55. The van der Waals surface area contributed by atoms with Crippen molar-refractivity contribution in [3.05, 3.63) is 59.4 Å². The molecule has 0 aliphatic carbocycles. The Morgan fingerprint density at radius 2 is 2.06 bits per heavy atom. The minimum atomic E-state index is 0.422. The summed E-state index contributed by atoms with van der Waals surface area (Å²) in [6, 6.07) is 12.6. The van der Waals surface area contributed by atoms with Gasteiger partial charge in [-0.2, -0.15) is 0 Å². The van der Waals surface area contributed by atoms with Gasteiger partial charge >= 0.3 is 0 Å². The Bertz CT molecular complexity index is 535. The molecule has 0 saturated carbocycles. The van der Waals surface area contributed by atoms with Gasteiger partial charge in [0, 0.05) is 18.3 Å². The number of pyridine rings is 1. The molecule has 0 radical (unpaired) electrons. The Hall–Kier alpha value is -1.87. The Balaban J connectivity index is 1.74. The van der Waals surface area contributed by atoms with Crippen LogP contribution in [0.4, 0.5) is 0 Å². The predicted octanol–water partition coefficient (Wildman–Crippen LogP) is 2.61. The van der Waals surface area contributed by atoms with Gasteiger partial charge in [0.25, 0.3) is 0 Å². The number of ether oxygens (including phenoxy) is 1. The summed E-state index contributed by atoms with van der Waals surface area (Å²) in [7, 11) is 0. The van der Waals surface area contributed by atoms with Crippen LogP contribution in [0.2, 0.25) is 0 Å². The first-order valence-corrected chi connectivity index (χ1v) is 6.20. The molecule has 0 amide bonds. The van der Waals surface area contributed by atoms with Crippen LogP contribution in [0.1, 0.15) is 22.9 Å². The Morgan fingerprint density at radius 3 is 2.78 bits per heavy atom. The van der Waals surface area contributed by atoms with E-state index in [1.54, 1.807) is 0 Å². The standard InChI is InChI=1S/C15H16N2O/c1-11-14(7-8-16-15(11)13-9-17-13)18-10-12-5-3-2-4-6-12/h2-8,13,17H,9-10H2,1H3. The molecule has 1 unspecified atom stereocenters. The third-order valence-electron chi connectivity index (χ3n) is 3.17. The largest absolute Gasteiger partial charge is 0.489 e. The van der Waals surface area contributed by atoms with Crippen molar-refractivity contribution in [3.8, 4) is 5.75 Å². The summed E-state index contributed by atoms with van der Waals surface area (Å²) in [5.74, 6) is 0.928. The van der Waals surface area contributed by atoms with Gasteiger partial charge in [0.1, 0.15) is 12.4 Å². The van der Waals surface area contributed by atoms with Crippen LogP contribution in [0.25, 0.3) is 0 Å². The average molecular weight is 240 g/mol. The monoisotopic (exact) mass is 240 g/mol. The van der Waals surface area contributed by atoms with Crippen LogP contribution in [-0.4, -0.2) is 11.5 Å². The van der Waals surface area contributed by atoms with Crippen LogP contribution >= 0.6 is 0 Å². The first kappa shape index (κ1) is 11.2. The van der Waals surface area contributed by atoms with Gasteiger partial charge in [-0.3, -0.25) is 4.98 Å². The molecule has 2 heterocycles. The van der Waals surface area contributed by atoms with Crippen molar-refractivity contribution in [2.45, 2.75) is 19.6 Å². The summed E-state index contributed by atoms with van der Waals surface area (Å²) < 4.78 is 5.87. The predicted molar refractivity (Wildman–Crippen MR) is 70.5 cm³/mol. The van der Waals surface area contributed by atoms with Crippen molar-refractivity contribution in [1.82, 2.24) is 10.3 Å². The number of nitrogens with zero attached hydrogens (tertiary/aromatic N) is 1. The summed E-state index contributed by atoms with van der Waals surface area (Å²) in [6.07, 6.45) is 1.82. The second kappa shape index (κ2) is 4.78. The molecule has 18 heavy (non-hydrogen) atoms. The van der Waals surface area contributed by atoms with Crippen molar-refractivity contribution in [1.29, 1.82) is 0 Å². The quantitative estimate of drug-likeness (QED) is 0.835. The highest BCUT2D eigenvalue weighted by molar-refractivity contribution is 5.38. The number of rotatable bonds is 4. The van der Waals surface area contributed by atoms with Crippen molar-refractivity contribution in [3.63, 3.8) is 0 Å². The molecule has 1 atom stereocenters. The van der Waals surface area contributed by atoms with Crippen molar-refractivity contribution in [2.75, 3.05) is 6.54 Å². The van der Waals surface area contributed by atoms with Gasteiger partial charge in [-0.05, 0) is 18.6 Å². The lowest BCUT2D eigenvalue weighted by atomic mass is 10.1. The zero-order valence-corrected chi connectivity index (χ0v) is 10.4. The topological polar surface area (TPSA) is 44.1 Å². The summed E-state index contributed by atoms with van der Waals surface area (Å²) in [6.45, 7) is 3.70. The molecule has 1 aliphatic heterocycles. The SMILES string of the molecule is Cc1c(OCc2ccccc2)ccnc1C1CN1. The highest BCUT2D eigenvalue weighted by atomic mass is 16.5. The van der Waals surface area contributed by atoms with E-state index >= 15 is 0 Å². The van der Waals surface area contributed by atoms with E-state index in [1.807, 2.05) is 30.5 Å². The van der Waals surface area contributed by atoms with Gasteiger partial charge in [-0.1, -0.05) is 30.3 Å². The number of hydrogen-bond acceptors (Lipinski definition) is 3. The maximum Gasteiger partial charge on any atom is 0.126 e. The Morgan fingerprint density at radius 1 is 1.28 bits per heavy atom. The Labute approximate surface area is 107 Å². The smallest absolute Gasteiger partial charge is 0.126 e. The van der Waals surface area contributed by atoms with E-state index in [2.05, 4.69) is 29.4 Å². The van der Waals surface area contributed by atoms with Gasteiger partial charge in [0.2, 0.25) is 0 Å². The van der Waals surface area contributed by atoms with Crippen LogP contribution in [0.3, 0.4) is 0 Å². The fourth-order valence-corrected chi connectivity index (χ4v) is 2.03. The first-order chi connectivity index (χ1) is 8.84. The minimum absolute atomic E-state index is 0.422. The van der Waals surface area contributed by atoms with Gasteiger partial charge < -0.3 is 10.1 Å². The van der Waals surface area contributed by atoms with Crippen LogP contribution in [0, 0.1) is 6.92 Å². The maximum atomic E-state index is 5.87. The van der Waals surface area contributed by atoms with Gasteiger partial charge in [0.15, 0.2) is 0 Å². The molecular weight excluding hydrogens is 224 g/mol. The molecule has 3 rings (SSSR count). The average Bonchev–Trinajstić information content (AvgIpc) is 3.23. The van der Waals surface area contributed by atoms with E-state index in [0.29, 0.717) is 12.6 Å². The van der Waals surface area contributed by atoms with E-state index in [4.69, 9.17) is 4.74 Å². The molecule has 0 bridgehead atoms. The van der Waals surface area contributed by atoms with Gasteiger partial charge in [-0.25, -0.2) is 0 Å². The first-order valence-electron chi connectivity index (χ1n) is 6.20. The fourth-order valence-electron chi connectivity index (χ4n) is 2.03. The number of aromatic nitrogens is 1. The lowest BCUT2D eigenvalue weighted by Gasteiger charge is -2.11. The molecule has 1 fully saturated rings. The molecule has 1 aromatic heterocycles. The maximum absolute atomic E-state index is 5.87. The second-order valence-corrected chi connectivity index (χ2v) is 4.55. The minimum Gasteiger partial charge on any atom is -0.489 e. The fraction of sp³-hybridized carbons (Fsp3) is 0.267. The highest BCUT2D eigenvalue weighted by Gasteiger charge is 2.26. The van der Waals surface area contributed by atoms with Crippen molar-refractivity contribution in [2.24, 2.45) is 0 Å². The summed E-state index contributed by atoms with van der Waals surface area (Å²) in [5, 5.41) is 3.27. The van der Waals surface area contributed by atoms with Crippen LogP contribution < -0.4 is 10.1 Å². The van der Waals surface area contributed by atoms with Gasteiger partial charge in [-0.15, -0.1) is 0 Å². The third-order valence-corrected chi connectivity index (χ3v) is 3.17. The van der Waals surface area contributed by atoms with E-state index in [-0.39, 0.29) is 0 Å². The van der Waals surface area contributed by atoms with Gasteiger partial charge in [0.05, 0.1) is 11.7 Å².